The van der Waals surface area contributed by atoms with Crippen molar-refractivity contribution < 1.29 is 14.5 Å². The van der Waals surface area contributed by atoms with E-state index in [9.17, 15) is 9.90 Å². The summed E-state index contributed by atoms with van der Waals surface area (Å²) < 4.78 is 1.75. The van der Waals surface area contributed by atoms with Crippen molar-refractivity contribution in [3.63, 3.8) is 0 Å². The second kappa shape index (κ2) is 9.51. The number of carbonyl (C=O) groups is 1. The van der Waals surface area contributed by atoms with Crippen LogP contribution in [0.1, 0.15) is 74.2 Å². The summed E-state index contributed by atoms with van der Waals surface area (Å²) in [4.78, 5) is 11.1. The Balaban J connectivity index is 2.27. The van der Waals surface area contributed by atoms with Crippen molar-refractivity contribution in [2.24, 2.45) is 7.05 Å². The first kappa shape index (κ1) is 16.7. The van der Waals surface area contributed by atoms with Crippen LogP contribution in [0.15, 0.2) is 18.5 Å². The molecule has 1 heterocycles. The lowest BCUT2D eigenvalue weighted by molar-refractivity contribution is -0.671. The molecule has 0 radical (unpaired) electrons. The number of aromatic carboxylic acids is 1. The maximum absolute atomic E-state index is 11.1. The summed E-state index contributed by atoms with van der Waals surface area (Å²) in [5.41, 5.74) is 1.23. The molecule has 0 unspecified atom stereocenters. The minimum atomic E-state index is -1.07. The summed E-state index contributed by atoms with van der Waals surface area (Å²) in [6.07, 6.45) is 14.5. The van der Waals surface area contributed by atoms with E-state index in [1.807, 2.05) is 19.3 Å². The fourth-order valence-corrected chi connectivity index (χ4v) is 2.48. The number of rotatable bonds is 10. The van der Waals surface area contributed by atoms with Gasteiger partial charge in [0.1, 0.15) is 7.05 Å². The fourth-order valence-electron chi connectivity index (χ4n) is 2.48. The number of aromatic nitrogens is 1. The third-order valence-corrected chi connectivity index (χ3v) is 3.71. The molecular formula is C17H27NO2. The van der Waals surface area contributed by atoms with Crippen molar-refractivity contribution in [3.05, 3.63) is 29.6 Å². The predicted molar refractivity (Wildman–Crippen MR) is 78.3 cm³/mol. The first-order valence-corrected chi connectivity index (χ1v) is 7.84. The number of pyridine rings is 1. The topological polar surface area (TPSA) is 44.0 Å². The van der Waals surface area contributed by atoms with Gasteiger partial charge in [0.25, 0.3) is 0 Å². The minimum Gasteiger partial charge on any atom is -0.545 e. The average molecular weight is 277 g/mol. The smallest absolute Gasteiger partial charge is 0.177 e. The van der Waals surface area contributed by atoms with Crippen LogP contribution in [0.2, 0.25) is 0 Å². The molecule has 0 aliphatic heterocycles. The van der Waals surface area contributed by atoms with Crippen LogP contribution < -0.4 is 9.67 Å². The number of aryl methyl sites for hydroxylation is 2. The highest BCUT2D eigenvalue weighted by Crippen LogP contribution is 2.13. The molecule has 3 nitrogen and oxygen atoms in total. The Morgan fingerprint density at radius 3 is 2.30 bits per heavy atom. The zero-order valence-electron chi connectivity index (χ0n) is 12.9. The zero-order valence-corrected chi connectivity index (χ0v) is 12.9. The maximum Gasteiger partial charge on any atom is 0.177 e. The third-order valence-electron chi connectivity index (χ3n) is 3.71. The van der Waals surface area contributed by atoms with Crippen LogP contribution in [-0.2, 0) is 13.5 Å². The van der Waals surface area contributed by atoms with Crippen molar-refractivity contribution in [1.82, 2.24) is 0 Å². The molecule has 20 heavy (non-hydrogen) atoms. The quantitative estimate of drug-likeness (QED) is 0.487. The summed E-state index contributed by atoms with van der Waals surface area (Å²) in [5.74, 6) is -1.07. The Morgan fingerprint density at radius 2 is 1.70 bits per heavy atom. The van der Waals surface area contributed by atoms with E-state index in [0.29, 0.717) is 5.56 Å². The van der Waals surface area contributed by atoms with E-state index in [0.717, 1.165) is 18.4 Å². The Hall–Kier alpha value is -1.38. The van der Waals surface area contributed by atoms with Gasteiger partial charge in [0.2, 0.25) is 0 Å². The molecule has 0 amide bonds. The molecule has 112 valence electrons. The highest BCUT2D eigenvalue weighted by Gasteiger charge is 2.07. The van der Waals surface area contributed by atoms with Crippen LogP contribution in [0.5, 0.6) is 0 Å². The summed E-state index contributed by atoms with van der Waals surface area (Å²) in [7, 11) is 1.83. The molecule has 0 fully saturated rings. The van der Waals surface area contributed by atoms with Crippen molar-refractivity contribution in [2.45, 2.75) is 64.7 Å². The Labute approximate surface area is 122 Å². The molecule has 0 atom stereocenters. The van der Waals surface area contributed by atoms with Gasteiger partial charge in [-0.2, -0.15) is 0 Å². The molecule has 1 rings (SSSR count). The van der Waals surface area contributed by atoms with Gasteiger partial charge in [-0.25, -0.2) is 4.57 Å². The van der Waals surface area contributed by atoms with Gasteiger partial charge in [0.15, 0.2) is 12.4 Å². The highest BCUT2D eigenvalue weighted by molar-refractivity contribution is 5.86. The molecular weight excluding hydrogens is 250 g/mol. The van der Waals surface area contributed by atoms with Gasteiger partial charge in [0, 0.05) is 6.07 Å². The van der Waals surface area contributed by atoms with E-state index >= 15 is 0 Å². The summed E-state index contributed by atoms with van der Waals surface area (Å²) in [5, 5.41) is 11.1. The number of carboxylic acid groups (broad SMARTS) is 1. The molecule has 3 heteroatoms. The zero-order chi connectivity index (χ0) is 14.8. The van der Waals surface area contributed by atoms with Crippen molar-refractivity contribution in [2.75, 3.05) is 0 Å². The second-order valence-corrected chi connectivity index (χ2v) is 5.56. The van der Waals surface area contributed by atoms with Crippen LogP contribution in [-0.4, -0.2) is 5.97 Å². The normalized spacial score (nSPS) is 10.7. The van der Waals surface area contributed by atoms with Gasteiger partial charge < -0.3 is 9.90 Å². The van der Waals surface area contributed by atoms with E-state index in [2.05, 4.69) is 6.92 Å². The first-order valence-electron chi connectivity index (χ1n) is 7.84. The molecule has 0 aliphatic rings. The van der Waals surface area contributed by atoms with Crippen molar-refractivity contribution in [3.8, 4) is 0 Å². The molecule has 0 aromatic carbocycles. The molecule has 0 saturated carbocycles. The standard InChI is InChI=1S/C17H27NO2/c1-3-4-5-6-7-8-9-10-11-15-12-13-18(2)14-16(15)17(19)20/h12-14H,3-11H2,1-2H3. The molecule has 1 aromatic heterocycles. The number of nitrogens with zero attached hydrogens (tertiary/aromatic N) is 1. The lowest BCUT2D eigenvalue weighted by atomic mass is 10.0. The average Bonchev–Trinajstić information content (AvgIpc) is 2.43. The van der Waals surface area contributed by atoms with E-state index in [1.54, 1.807) is 10.8 Å². The highest BCUT2D eigenvalue weighted by atomic mass is 16.4. The fraction of sp³-hybridized carbons (Fsp3) is 0.647. The van der Waals surface area contributed by atoms with Crippen LogP contribution >= 0.6 is 0 Å². The largest absolute Gasteiger partial charge is 0.545 e. The summed E-state index contributed by atoms with van der Waals surface area (Å²) >= 11 is 0. The van der Waals surface area contributed by atoms with Gasteiger partial charge >= 0.3 is 0 Å². The number of hydrogen-bond donors (Lipinski definition) is 0. The van der Waals surface area contributed by atoms with Gasteiger partial charge in [-0.1, -0.05) is 51.9 Å². The van der Waals surface area contributed by atoms with Crippen molar-refractivity contribution >= 4 is 5.97 Å². The number of unbranched alkanes of at least 4 members (excludes halogenated alkanes) is 7. The van der Waals surface area contributed by atoms with E-state index < -0.39 is 5.97 Å². The lowest BCUT2D eigenvalue weighted by Gasteiger charge is -2.08. The van der Waals surface area contributed by atoms with Crippen LogP contribution in [0.25, 0.3) is 0 Å². The lowest BCUT2D eigenvalue weighted by Crippen LogP contribution is -2.32. The van der Waals surface area contributed by atoms with Crippen LogP contribution in [0, 0.1) is 0 Å². The number of carboxylic acids is 1. The SMILES string of the molecule is CCCCCCCCCCc1cc[n+](C)cc1C(=O)[O-]. The van der Waals surface area contributed by atoms with Crippen LogP contribution in [0.4, 0.5) is 0 Å². The number of hydrogen-bond acceptors (Lipinski definition) is 2. The summed E-state index contributed by atoms with van der Waals surface area (Å²) in [6.45, 7) is 2.23. The summed E-state index contributed by atoms with van der Waals surface area (Å²) in [6, 6.07) is 1.90. The van der Waals surface area contributed by atoms with E-state index in [-0.39, 0.29) is 0 Å². The van der Waals surface area contributed by atoms with Gasteiger partial charge in [-0.15, -0.1) is 0 Å². The van der Waals surface area contributed by atoms with Gasteiger partial charge in [-0.05, 0) is 18.4 Å². The Kier molecular flexibility index (Phi) is 7.93. The van der Waals surface area contributed by atoms with E-state index in [1.165, 1.54) is 44.9 Å². The predicted octanol–water partition coefficient (Wildman–Crippen LogP) is 2.56. The molecule has 0 N–H and O–H groups in total. The number of carbonyl (C=O) groups excluding carboxylic acids is 1. The van der Waals surface area contributed by atoms with Gasteiger partial charge in [-0.3, -0.25) is 0 Å². The second-order valence-electron chi connectivity index (χ2n) is 5.56. The Morgan fingerprint density at radius 1 is 1.10 bits per heavy atom. The molecule has 0 spiro atoms. The van der Waals surface area contributed by atoms with Crippen LogP contribution in [0.3, 0.4) is 0 Å². The monoisotopic (exact) mass is 277 g/mol. The molecule has 0 aliphatic carbocycles. The molecule has 1 aromatic rings. The minimum absolute atomic E-state index is 0.331. The first-order chi connectivity index (χ1) is 9.65. The molecule has 0 saturated heterocycles. The maximum atomic E-state index is 11.1. The van der Waals surface area contributed by atoms with E-state index in [4.69, 9.17) is 0 Å². The Bertz CT molecular complexity index is 415. The van der Waals surface area contributed by atoms with Gasteiger partial charge in [0.05, 0.1) is 11.5 Å². The molecule has 0 bridgehead atoms. The van der Waals surface area contributed by atoms with Crippen molar-refractivity contribution in [1.29, 1.82) is 0 Å². The third kappa shape index (κ3) is 6.18.